The summed E-state index contributed by atoms with van der Waals surface area (Å²) >= 11 is 0. The Kier molecular flexibility index (Phi) is 12.0. The molecule has 8 nitrogen and oxygen atoms in total. The van der Waals surface area contributed by atoms with E-state index in [9.17, 15) is 4.79 Å². The lowest BCUT2D eigenvalue weighted by Gasteiger charge is -2.49. The van der Waals surface area contributed by atoms with E-state index >= 15 is 0 Å². The number of likely N-dealkylation sites (tertiary alicyclic amines) is 3. The van der Waals surface area contributed by atoms with Gasteiger partial charge in [0.05, 0.1) is 13.1 Å². The van der Waals surface area contributed by atoms with Crippen LogP contribution in [-0.4, -0.2) is 111 Å². The number of amides is 1. The van der Waals surface area contributed by atoms with Gasteiger partial charge in [-0.05, 0) is 78.7 Å². The molecule has 3 aliphatic rings. The molecule has 0 aromatic heterocycles. The summed E-state index contributed by atoms with van der Waals surface area (Å²) in [6.45, 7) is 11.1. The van der Waals surface area contributed by atoms with Crippen molar-refractivity contribution in [3.8, 4) is 0 Å². The van der Waals surface area contributed by atoms with Crippen molar-refractivity contribution in [2.75, 3.05) is 73.0 Å². The van der Waals surface area contributed by atoms with E-state index in [1.54, 1.807) is 7.05 Å². The van der Waals surface area contributed by atoms with E-state index in [-0.39, 0.29) is 35.4 Å². The number of carbonyl (C=O) groups is 1. The Morgan fingerprint density at radius 2 is 1.69 bits per heavy atom. The van der Waals surface area contributed by atoms with Gasteiger partial charge in [-0.1, -0.05) is 6.42 Å². The number of carbonyl (C=O) groups excluding carboxylic acids is 1. The molecule has 3 heterocycles. The van der Waals surface area contributed by atoms with E-state index in [4.69, 9.17) is 4.99 Å². The minimum atomic E-state index is 0. The maximum atomic E-state index is 11.6. The van der Waals surface area contributed by atoms with E-state index in [1.807, 2.05) is 0 Å². The molecule has 0 aromatic rings. The van der Waals surface area contributed by atoms with E-state index in [2.05, 4.69) is 44.6 Å². The van der Waals surface area contributed by atoms with Crippen LogP contribution in [0.5, 0.6) is 0 Å². The van der Waals surface area contributed by atoms with Gasteiger partial charge in [-0.3, -0.25) is 19.6 Å². The predicted octanol–water partition coefficient (Wildman–Crippen LogP) is 1.32. The second-order valence-corrected chi connectivity index (χ2v) is 9.64. The number of likely N-dealkylation sites (N-methyl/N-ethyl adjacent to an activating group) is 1. The third-order valence-corrected chi connectivity index (χ3v) is 7.39. The number of guanidine groups is 1. The third-order valence-electron chi connectivity index (χ3n) is 7.39. The molecule has 0 saturated carbocycles. The number of rotatable bonds is 7. The quantitative estimate of drug-likeness (QED) is 0.247. The molecule has 3 N–H and O–H groups in total. The van der Waals surface area contributed by atoms with Crippen molar-refractivity contribution >= 4 is 35.8 Å². The molecule has 3 saturated heterocycles. The zero-order valence-corrected chi connectivity index (χ0v) is 22.8. The number of halogens is 1. The summed E-state index contributed by atoms with van der Waals surface area (Å²) in [5, 5.41) is 9.90. The average molecular weight is 564 g/mol. The standard InChI is InChI=1S/C23H45N7O.HI/c1-4-25-22(27-20-8-14-29(15-9-20)18-21(31)24-2)26-19-23(10-16-28(3)17-11-23)30-12-6-5-7-13-30;/h20H,4-19H2,1-3H3,(H,24,31)(H2,25,26,27);1H. The Hall–Kier alpha value is -0.650. The van der Waals surface area contributed by atoms with Crippen LogP contribution in [0, 0.1) is 0 Å². The fraction of sp³-hybridized carbons (Fsp3) is 0.913. The molecule has 0 spiro atoms. The van der Waals surface area contributed by atoms with E-state index in [0.29, 0.717) is 12.6 Å². The minimum Gasteiger partial charge on any atom is -0.358 e. The van der Waals surface area contributed by atoms with Gasteiger partial charge in [0, 0.05) is 38.3 Å². The van der Waals surface area contributed by atoms with Gasteiger partial charge in [0.25, 0.3) is 0 Å². The monoisotopic (exact) mass is 563 g/mol. The van der Waals surface area contributed by atoms with Crippen molar-refractivity contribution < 1.29 is 4.79 Å². The Morgan fingerprint density at radius 1 is 1.03 bits per heavy atom. The van der Waals surface area contributed by atoms with Crippen molar-refractivity contribution in [2.45, 2.75) is 63.5 Å². The van der Waals surface area contributed by atoms with Crippen LogP contribution < -0.4 is 16.0 Å². The highest BCUT2D eigenvalue weighted by atomic mass is 127. The molecular formula is C23H46IN7O. The zero-order chi connectivity index (χ0) is 22.1. The molecule has 0 radical (unpaired) electrons. The van der Waals surface area contributed by atoms with Crippen LogP contribution in [-0.2, 0) is 4.79 Å². The SMILES string of the molecule is CCNC(=NCC1(N2CCCCC2)CCN(C)CC1)NC1CCN(CC(=O)NC)CC1.I. The van der Waals surface area contributed by atoms with Gasteiger partial charge in [-0.25, -0.2) is 0 Å². The summed E-state index contributed by atoms with van der Waals surface area (Å²) in [6.07, 6.45) is 8.54. The summed E-state index contributed by atoms with van der Waals surface area (Å²) in [5.74, 6) is 1.06. The molecule has 1 amide bonds. The molecule has 0 atom stereocenters. The number of nitrogens with zero attached hydrogens (tertiary/aromatic N) is 4. The first kappa shape index (κ1) is 27.6. The second kappa shape index (κ2) is 13.9. The normalized spacial score (nSPS) is 23.9. The van der Waals surface area contributed by atoms with Gasteiger partial charge >= 0.3 is 0 Å². The Balaban J connectivity index is 0.00000363. The molecule has 0 unspecified atom stereocenters. The van der Waals surface area contributed by atoms with Crippen LogP contribution >= 0.6 is 24.0 Å². The Bertz CT molecular complexity index is 581. The smallest absolute Gasteiger partial charge is 0.233 e. The first-order chi connectivity index (χ1) is 15.0. The van der Waals surface area contributed by atoms with Crippen molar-refractivity contribution in [3.63, 3.8) is 0 Å². The minimum absolute atomic E-state index is 0. The largest absolute Gasteiger partial charge is 0.358 e. The Labute approximate surface area is 212 Å². The maximum absolute atomic E-state index is 11.6. The maximum Gasteiger partial charge on any atom is 0.233 e. The third kappa shape index (κ3) is 7.99. The number of nitrogens with one attached hydrogen (secondary N) is 3. The van der Waals surface area contributed by atoms with Gasteiger partial charge in [0.15, 0.2) is 5.96 Å². The lowest BCUT2D eigenvalue weighted by molar-refractivity contribution is -0.122. The first-order valence-corrected chi connectivity index (χ1v) is 12.5. The van der Waals surface area contributed by atoms with Crippen LogP contribution in [0.4, 0.5) is 0 Å². The van der Waals surface area contributed by atoms with Crippen LogP contribution in [0.3, 0.4) is 0 Å². The number of hydrogen-bond donors (Lipinski definition) is 3. The summed E-state index contributed by atoms with van der Waals surface area (Å²) < 4.78 is 0. The molecule has 186 valence electrons. The van der Waals surface area contributed by atoms with E-state index in [1.165, 1.54) is 58.3 Å². The Morgan fingerprint density at radius 3 is 2.28 bits per heavy atom. The van der Waals surface area contributed by atoms with Crippen molar-refractivity contribution in [1.29, 1.82) is 0 Å². The van der Waals surface area contributed by atoms with Crippen LogP contribution in [0.2, 0.25) is 0 Å². The van der Waals surface area contributed by atoms with Gasteiger partial charge in [-0.2, -0.15) is 0 Å². The van der Waals surface area contributed by atoms with Crippen LogP contribution in [0.1, 0.15) is 51.9 Å². The van der Waals surface area contributed by atoms with Crippen LogP contribution in [0.25, 0.3) is 0 Å². The molecular weight excluding hydrogens is 517 g/mol. The summed E-state index contributed by atoms with van der Waals surface area (Å²) in [7, 11) is 3.95. The summed E-state index contributed by atoms with van der Waals surface area (Å²) in [5.41, 5.74) is 0.214. The highest BCUT2D eigenvalue weighted by Gasteiger charge is 2.39. The average Bonchev–Trinajstić information content (AvgIpc) is 2.80. The number of hydrogen-bond acceptors (Lipinski definition) is 5. The summed E-state index contributed by atoms with van der Waals surface area (Å²) in [6, 6.07) is 0.419. The van der Waals surface area contributed by atoms with E-state index < -0.39 is 0 Å². The lowest BCUT2D eigenvalue weighted by Crippen LogP contribution is -2.58. The number of piperidine rings is 3. The lowest BCUT2D eigenvalue weighted by atomic mass is 9.84. The topological polar surface area (TPSA) is 75.2 Å². The zero-order valence-electron chi connectivity index (χ0n) is 20.5. The van der Waals surface area contributed by atoms with Gasteiger partial charge in [0.2, 0.25) is 5.91 Å². The van der Waals surface area contributed by atoms with Crippen molar-refractivity contribution in [1.82, 2.24) is 30.7 Å². The molecule has 0 bridgehead atoms. The van der Waals surface area contributed by atoms with Crippen molar-refractivity contribution in [2.24, 2.45) is 4.99 Å². The molecule has 3 rings (SSSR count). The number of aliphatic imine (C=N–C) groups is 1. The van der Waals surface area contributed by atoms with Crippen LogP contribution in [0.15, 0.2) is 4.99 Å². The van der Waals surface area contributed by atoms with Gasteiger partial charge in [-0.15, -0.1) is 24.0 Å². The highest BCUT2D eigenvalue weighted by molar-refractivity contribution is 14.0. The first-order valence-electron chi connectivity index (χ1n) is 12.5. The van der Waals surface area contributed by atoms with Crippen molar-refractivity contribution in [3.05, 3.63) is 0 Å². The second-order valence-electron chi connectivity index (χ2n) is 9.64. The molecule has 0 aromatic carbocycles. The molecule has 9 heteroatoms. The molecule has 0 aliphatic carbocycles. The van der Waals surface area contributed by atoms with Gasteiger partial charge < -0.3 is 20.9 Å². The fourth-order valence-electron chi connectivity index (χ4n) is 5.23. The fourth-order valence-corrected chi connectivity index (χ4v) is 5.23. The molecule has 3 aliphatic heterocycles. The van der Waals surface area contributed by atoms with E-state index in [0.717, 1.165) is 45.0 Å². The highest BCUT2D eigenvalue weighted by Crippen LogP contribution is 2.31. The molecule has 32 heavy (non-hydrogen) atoms. The molecule has 3 fully saturated rings. The summed E-state index contributed by atoms with van der Waals surface area (Å²) in [4.78, 5) is 24.2. The van der Waals surface area contributed by atoms with Gasteiger partial charge in [0.1, 0.15) is 0 Å². The predicted molar refractivity (Wildman–Crippen MR) is 143 cm³/mol.